The van der Waals surface area contributed by atoms with Crippen LogP contribution in [0.5, 0.6) is 0 Å². The average molecular weight is 489 g/mol. The van der Waals surface area contributed by atoms with Gasteiger partial charge in [-0.3, -0.25) is 0 Å². The molecule has 35 heavy (non-hydrogen) atoms. The third-order valence-corrected chi connectivity index (χ3v) is 7.55. The summed E-state index contributed by atoms with van der Waals surface area (Å²) in [5, 5.41) is 0. The molecular formula is C31H43F3O. The summed E-state index contributed by atoms with van der Waals surface area (Å²) in [7, 11) is 0. The number of hydrogen-bond donors (Lipinski definition) is 0. The molecule has 0 bridgehead atoms. The zero-order chi connectivity index (χ0) is 25.1. The Morgan fingerprint density at radius 2 is 1.49 bits per heavy atom. The maximum absolute atomic E-state index is 14.7. The molecule has 3 rings (SSSR count). The fraction of sp³-hybridized carbons (Fsp3) is 0.613. The lowest BCUT2D eigenvalue weighted by Gasteiger charge is -2.29. The van der Waals surface area contributed by atoms with Crippen molar-refractivity contribution in [2.24, 2.45) is 5.92 Å². The highest BCUT2D eigenvalue weighted by atomic mass is 19.3. The summed E-state index contributed by atoms with van der Waals surface area (Å²) < 4.78 is 48.5. The van der Waals surface area contributed by atoms with E-state index in [1.165, 1.54) is 56.6 Å². The molecule has 1 nitrogen and oxygen atoms in total. The van der Waals surface area contributed by atoms with Gasteiger partial charge in [0.25, 0.3) is 0 Å². The van der Waals surface area contributed by atoms with Gasteiger partial charge in [-0.15, -0.1) is 0 Å². The Labute approximate surface area is 210 Å². The number of hydrogen-bond acceptors (Lipinski definition) is 1. The Kier molecular flexibility index (Phi) is 11.2. The van der Waals surface area contributed by atoms with Gasteiger partial charge in [-0.05, 0) is 73.1 Å². The van der Waals surface area contributed by atoms with E-state index >= 15 is 0 Å². The Morgan fingerprint density at radius 3 is 2.14 bits per heavy atom. The standard InChI is InChI=1S/C31H43F3O/c1-3-5-7-9-24-11-13-26(14-12-24)22-31(33,34)35-23-29-20-19-28(21-30(29)32)27-17-15-25(16-18-27)10-8-6-4-2/h11-14,19-21,25,27H,3-10,15-18,22-23H2,1-2H3. The van der Waals surface area contributed by atoms with Gasteiger partial charge >= 0.3 is 6.11 Å². The van der Waals surface area contributed by atoms with Crippen molar-refractivity contribution in [3.05, 3.63) is 70.5 Å². The molecule has 0 radical (unpaired) electrons. The molecule has 0 N–H and O–H groups in total. The first-order valence-electron chi connectivity index (χ1n) is 13.8. The monoisotopic (exact) mass is 488 g/mol. The molecule has 1 aliphatic carbocycles. The number of aryl methyl sites for hydroxylation is 1. The minimum atomic E-state index is -3.34. The number of unbranched alkanes of at least 4 members (excludes halogenated alkanes) is 4. The van der Waals surface area contributed by atoms with Crippen LogP contribution in [0.2, 0.25) is 0 Å². The van der Waals surface area contributed by atoms with Crippen LogP contribution in [0.1, 0.15) is 113 Å². The summed E-state index contributed by atoms with van der Waals surface area (Å²) in [6, 6.07) is 12.4. The van der Waals surface area contributed by atoms with Crippen LogP contribution in [0.4, 0.5) is 13.2 Å². The van der Waals surface area contributed by atoms with Crippen molar-refractivity contribution in [3.63, 3.8) is 0 Å². The molecular weight excluding hydrogens is 445 g/mol. The van der Waals surface area contributed by atoms with Gasteiger partial charge in [0, 0.05) is 5.56 Å². The summed E-state index contributed by atoms with van der Waals surface area (Å²) in [4.78, 5) is 0. The SMILES string of the molecule is CCCCCc1ccc(CC(F)(F)OCc2ccc(C3CCC(CCCCC)CC3)cc2F)cc1. The van der Waals surface area contributed by atoms with E-state index in [2.05, 4.69) is 13.8 Å². The summed E-state index contributed by atoms with van der Waals surface area (Å²) in [5.74, 6) is 0.725. The third-order valence-electron chi connectivity index (χ3n) is 7.55. The second kappa shape index (κ2) is 14.1. The van der Waals surface area contributed by atoms with E-state index in [1.807, 2.05) is 18.2 Å². The molecule has 194 valence electrons. The Balaban J connectivity index is 1.47. The molecule has 0 aromatic heterocycles. The maximum Gasteiger partial charge on any atom is 0.360 e. The molecule has 2 aromatic carbocycles. The van der Waals surface area contributed by atoms with Crippen LogP contribution in [0, 0.1) is 11.7 Å². The Morgan fingerprint density at radius 1 is 0.829 bits per heavy atom. The first kappa shape index (κ1) is 27.8. The van der Waals surface area contributed by atoms with Crippen molar-refractivity contribution in [1.82, 2.24) is 0 Å². The lowest BCUT2D eigenvalue weighted by Crippen LogP contribution is -2.24. The molecule has 0 amide bonds. The van der Waals surface area contributed by atoms with Crippen LogP contribution in [0.3, 0.4) is 0 Å². The van der Waals surface area contributed by atoms with Gasteiger partial charge in [-0.2, -0.15) is 8.78 Å². The van der Waals surface area contributed by atoms with Gasteiger partial charge in [-0.25, -0.2) is 4.39 Å². The highest BCUT2D eigenvalue weighted by Crippen LogP contribution is 2.38. The van der Waals surface area contributed by atoms with Crippen molar-refractivity contribution >= 4 is 0 Å². The van der Waals surface area contributed by atoms with Crippen LogP contribution in [-0.2, 0) is 24.2 Å². The second-order valence-electron chi connectivity index (χ2n) is 10.4. The first-order valence-corrected chi connectivity index (χ1v) is 13.8. The van der Waals surface area contributed by atoms with E-state index in [1.54, 1.807) is 18.2 Å². The van der Waals surface area contributed by atoms with E-state index in [0.29, 0.717) is 11.5 Å². The summed E-state index contributed by atoms with van der Waals surface area (Å²) in [6.45, 7) is 3.96. The number of alkyl halides is 2. The van der Waals surface area contributed by atoms with E-state index < -0.39 is 25.0 Å². The van der Waals surface area contributed by atoms with E-state index in [-0.39, 0.29) is 5.56 Å². The van der Waals surface area contributed by atoms with Crippen molar-refractivity contribution in [2.75, 3.05) is 0 Å². The number of rotatable bonds is 14. The van der Waals surface area contributed by atoms with Crippen molar-refractivity contribution < 1.29 is 17.9 Å². The number of benzene rings is 2. The molecule has 0 saturated heterocycles. The molecule has 1 aliphatic rings. The van der Waals surface area contributed by atoms with Crippen LogP contribution in [0.25, 0.3) is 0 Å². The topological polar surface area (TPSA) is 9.23 Å². The third kappa shape index (κ3) is 9.29. The highest BCUT2D eigenvalue weighted by Gasteiger charge is 2.31. The second-order valence-corrected chi connectivity index (χ2v) is 10.4. The zero-order valence-corrected chi connectivity index (χ0v) is 21.6. The van der Waals surface area contributed by atoms with E-state index in [9.17, 15) is 13.2 Å². The van der Waals surface area contributed by atoms with Gasteiger partial charge in [-0.1, -0.05) is 88.8 Å². The predicted molar refractivity (Wildman–Crippen MR) is 138 cm³/mol. The van der Waals surface area contributed by atoms with Crippen LogP contribution < -0.4 is 0 Å². The Hall–Kier alpha value is -1.81. The Bertz CT molecular complexity index is 869. The summed E-state index contributed by atoms with van der Waals surface area (Å²) >= 11 is 0. The first-order chi connectivity index (χ1) is 16.9. The molecule has 0 heterocycles. The highest BCUT2D eigenvalue weighted by molar-refractivity contribution is 5.27. The van der Waals surface area contributed by atoms with Crippen LogP contribution >= 0.6 is 0 Å². The van der Waals surface area contributed by atoms with Crippen molar-refractivity contribution in [1.29, 1.82) is 0 Å². The normalized spacial score (nSPS) is 18.7. The van der Waals surface area contributed by atoms with Gasteiger partial charge in [0.2, 0.25) is 0 Å². The molecule has 0 spiro atoms. The smallest absolute Gasteiger partial charge is 0.315 e. The van der Waals surface area contributed by atoms with E-state index in [4.69, 9.17) is 4.74 Å². The summed E-state index contributed by atoms with van der Waals surface area (Å²) in [5.41, 5.74) is 2.87. The minimum absolute atomic E-state index is 0.188. The van der Waals surface area contributed by atoms with Gasteiger partial charge in [0.1, 0.15) is 5.82 Å². The zero-order valence-electron chi connectivity index (χ0n) is 21.6. The van der Waals surface area contributed by atoms with E-state index in [0.717, 1.165) is 43.6 Å². The van der Waals surface area contributed by atoms with Crippen molar-refractivity contribution in [3.8, 4) is 0 Å². The minimum Gasteiger partial charge on any atom is -0.315 e. The maximum atomic E-state index is 14.7. The number of ether oxygens (including phenoxy) is 1. The molecule has 1 fully saturated rings. The predicted octanol–water partition coefficient (Wildman–Crippen LogP) is 9.76. The molecule has 1 saturated carbocycles. The van der Waals surface area contributed by atoms with Crippen LogP contribution in [0.15, 0.2) is 42.5 Å². The van der Waals surface area contributed by atoms with Crippen molar-refractivity contribution in [2.45, 2.75) is 116 Å². The molecule has 0 unspecified atom stereocenters. The van der Waals surface area contributed by atoms with Crippen LogP contribution in [-0.4, -0.2) is 6.11 Å². The average Bonchev–Trinajstić information content (AvgIpc) is 2.85. The quantitative estimate of drug-likeness (QED) is 0.240. The fourth-order valence-corrected chi connectivity index (χ4v) is 5.28. The molecule has 0 aliphatic heterocycles. The van der Waals surface area contributed by atoms with Gasteiger partial charge in [0.05, 0.1) is 13.0 Å². The summed E-state index contributed by atoms with van der Waals surface area (Å²) in [6.07, 6.45) is 10.3. The molecule has 2 aromatic rings. The molecule has 4 heteroatoms. The largest absolute Gasteiger partial charge is 0.360 e. The number of halogens is 3. The van der Waals surface area contributed by atoms with Gasteiger partial charge < -0.3 is 4.74 Å². The lowest BCUT2D eigenvalue weighted by molar-refractivity contribution is -0.244. The molecule has 0 atom stereocenters. The van der Waals surface area contributed by atoms with Gasteiger partial charge in [0.15, 0.2) is 0 Å². The lowest BCUT2D eigenvalue weighted by atomic mass is 9.77. The fourth-order valence-electron chi connectivity index (χ4n) is 5.28.